The lowest BCUT2D eigenvalue weighted by molar-refractivity contribution is 1.31. The van der Waals surface area contributed by atoms with Gasteiger partial charge in [-0.2, -0.15) is 0 Å². The summed E-state index contributed by atoms with van der Waals surface area (Å²) in [6, 6.07) is 78.4. The molecule has 0 spiro atoms. The molecule has 0 N–H and O–H groups in total. The molecule has 11 aromatic carbocycles. The monoisotopic (exact) mass is 753 g/mol. The number of hydrogen-bond donors (Lipinski definition) is 0. The number of nitrogens with zero attached hydrogens (tertiary/aromatic N) is 1. The lowest BCUT2D eigenvalue weighted by Crippen LogP contribution is -2.10. The highest BCUT2D eigenvalue weighted by atomic mass is 32.1. The molecule has 12 rings (SSSR count). The van der Waals surface area contributed by atoms with Crippen LogP contribution in [0.4, 0.5) is 17.1 Å². The maximum absolute atomic E-state index is 2.47. The summed E-state index contributed by atoms with van der Waals surface area (Å²) in [5, 5.41) is 15.1. The van der Waals surface area contributed by atoms with E-state index in [1.807, 2.05) is 11.3 Å². The maximum Gasteiger partial charge on any atom is 0.0540 e. The number of rotatable bonds is 5. The average Bonchev–Trinajstić information content (AvgIpc) is 3.68. The molecular weight excluding hydrogens is 719 g/mol. The molecule has 12 aromatic rings. The minimum absolute atomic E-state index is 1.12. The summed E-state index contributed by atoms with van der Waals surface area (Å²) in [6.45, 7) is 0. The Hall–Kier alpha value is -7.26. The molecule has 0 unspecified atom stereocenters. The van der Waals surface area contributed by atoms with Crippen LogP contribution in [-0.2, 0) is 0 Å². The van der Waals surface area contributed by atoms with Crippen molar-refractivity contribution in [3.8, 4) is 22.3 Å². The third-order valence-corrected chi connectivity index (χ3v) is 13.2. The second-order valence-corrected chi connectivity index (χ2v) is 16.3. The Labute approximate surface area is 340 Å². The van der Waals surface area contributed by atoms with Crippen LogP contribution in [0.25, 0.3) is 96.3 Å². The van der Waals surface area contributed by atoms with Crippen molar-refractivity contribution in [2.24, 2.45) is 0 Å². The SMILES string of the molecule is c1ccc(-c2ccc3cc(N(c4ccc5sc6c7ccccc7ccc6c5c4)c4ccc(-c5cc6ccccc6c6ccccc56)c5ccccc45)ccc3c2)cc1. The molecule has 0 radical (unpaired) electrons. The number of fused-ring (bicyclic) bond motifs is 10. The van der Waals surface area contributed by atoms with E-state index >= 15 is 0 Å². The first-order chi connectivity index (χ1) is 28.7. The predicted octanol–water partition coefficient (Wildman–Crippen LogP) is 16.6. The molecule has 270 valence electrons. The standard InChI is InChI=1S/C56H35NS/c1-2-12-36(13-3-1)38-22-23-40-33-42(26-24-39(40)32-38)57(43-27-31-55-53(35-43)51-28-25-37-14-4-7-17-45(37)56(51)58-55)54-30-29-49(47-19-10-11-21-50(47)54)52-34-41-15-5-6-16-44(41)46-18-8-9-20-48(46)52/h1-35H. The van der Waals surface area contributed by atoms with E-state index in [0.29, 0.717) is 0 Å². The normalized spacial score (nSPS) is 11.8. The number of anilines is 3. The van der Waals surface area contributed by atoms with Crippen molar-refractivity contribution in [1.82, 2.24) is 0 Å². The van der Waals surface area contributed by atoms with Crippen LogP contribution in [0.3, 0.4) is 0 Å². The zero-order valence-electron chi connectivity index (χ0n) is 31.6. The summed E-state index contributed by atoms with van der Waals surface area (Å²) in [4.78, 5) is 2.47. The quantitative estimate of drug-likeness (QED) is 0.158. The highest BCUT2D eigenvalue weighted by Gasteiger charge is 2.20. The Balaban J connectivity index is 1.09. The lowest BCUT2D eigenvalue weighted by Gasteiger charge is -2.28. The van der Waals surface area contributed by atoms with Gasteiger partial charge in [0, 0.05) is 36.9 Å². The summed E-state index contributed by atoms with van der Waals surface area (Å²) in [5.41, 5.74) is 8.34. The fourth-order valence-corrected chi connectivity index (χ4v) is 10.4. The molecule has 0 aliphatic heterocycles. The molecule has 2 heteroatoms. The molecule has 0 amide bonds. The third-order valence-electron chi connectivity index (χ3n) is 12.0. The second-order valence-electron chi connectivity index (χ2n) is 15.3. The van der Waals surface area contributed by atoms with Crippen LogP contribution in [-0.4, -0.2) is 0 Å². The van der Waals surface area contributed by atoms with Gasteiger partial charge in [0.1, 0.15) is 0 Å². The average molecular weight is 754 g/mol. The fraction of sp³-hybridized carbons (Fsp3) is 0. The molecular formula is C56H35NS. The van der Waals surface area contributed by atoms with Gasteiger partial charge < -0.3 is 4.90 Å². The van der Waals surface area contributed by atoms with E-state index < -0.39 is 0 Å². The first-order valence-corrected chi connectivity index (χ1v) is 20.7. The highest BCUT2D eigenvalue weighted by Crippen LogP contribution is 2.47. The van der Waals surface area contributed by atoms with Crippen molar-refractivity contribution in [1.29, 1.82) is 0 Å². The van der Waals surface area contributed by atoms with Gasteiger partial charge in [-0.15, -0.1) is 11.3 Å². The zero-order valence-corrected chi connectivity index (χ0v) is 32.4. The van der Waals surface area contributed by atoms with E-state index in [-0.39, 0.29) is 0 Å². The van der Waals surface area contributed by atoms with E-state index in [4.69, 9.17) is 0 Å². The van der Waals surface area contributed by atoms with Gasteiger partial charge in [-0.1, -0.05) is 164 Å². The van der Waals surface area contributed by atoms with Gasteiger partial charge in [-0.3, -0.25) is 0 Å². The Morgan fingerprint density at radius 3 is 1.76 bits per heavy atom. The first-order valence-electron chi connectivity index (χ1n) is 19.9. The molecule has 0 saturated heterocycles. The van der Waals surface area contributed by atoms with Crippen molar-refractivity contribution in [3.05, 3.63) is 212 Å². The minimum Gasteiger partial charge on any atom is -0.310 e. The van der Waals surface area contributed by atoms with Gasteiger partial charge in [0.2, 0.25) is 0 Å². The Morgan fingerprint density at radius 2 is 0.914 bits per heavy atom. The molecule has 1 heterocycles. The van der Waals surface area contributed by atoms with Crippen molar-refractivity contribution in [3.63, 3.8) is 0 Å². The van der Waals surface area contributed by atoms with E-state index in [0.717, 1.165) is 17.1 Å². The molecule has 0 aliphatic rings. The van der Waals surface area contributed by atoms with Gasteiger partial charge in [0.15, 0.2) is 0 Å². The zero-order chi connectivity index (χ0) is 38.2. The van der Waals surface area contributed by atoms with Crippen LogP contribution in [0.1, 0.15) is 0 Å². The molecule has 0 fully saturated rings. The largest absolute Gasteiger partial charge is 0.310 e. The first kappa shape index (κ1) is 32.9. The summed E-state index contributed by atoms with van der Waals surface area (Å²) >= 11 is 1.89. The van der Waals surface area contributed by atoms with Crippen molar-refractivity contribution in [2.45, 2.75) is 0 Å². The van der Waals surface area contributed by atoms with Crippen LogP contribution in [0.15, 0.2) is 212 Å². The number of benzene rings is 11. The van der Waals surface area contributed by atoms with E-state index in [1.54, 1.807) is 0 Å². The van der Waals surface area contributed by atoms with Crippen LogP contribution in [0.2, 0.25) is 0 Å². The van der Waals surface area contributed by atoms with Gasteiger partial charge in [-0.05, 0) is 119 Å². The van der Waals surface area contributed by atoms with Crippen molar-refractivity contribution in [2.75, 3.05) is 4.90 Å². The van der Waals surface area contributed by atoms with Crippen molar-refractivity contribution >= 4 is 102 Å². The van der Waals surface area contributed by atoms with Crippen LogP contribution in [0, 0.1) is 0 Å². The predicted molar refractivity (Wildman–Crippen MR) is 252 cm³/mol. The van der Waals surface area contributed by atoms with Gasteiger partial charge >= 0.3 is 0 Å². The number of thiophene rings is 1. The van der Waals surface area contributed by atoms with Crippen LogP contribution < -0.4 is 4.90 Å². The molecule has 58 heavy (non-hydrogen) atoms. The maximum atomic E-state index is 2.47. The second kappa shape index (κ2) is 13.2. The van der Waals surface area contributed by atoms with Crippen LogP contribution >= 0.6 is 11.3 Å². The Bertz CT molecular complexity index is 3580. The van der Waals surface area contributed by atoms with Crippen molar-refractivity contribution < 1.29 is 0 Å². The highest BCUT2D eigenvalue weighted by molar-refractivity contribution is 7.26. The van der Waals surface area contributed by atoms with E-state index in [9.17, 15) is 0 Å². The topological polar surface area (TPSA) is 3.24 Å². The van der Waals surface area contributed by atoms with Gasteiger partial charge in [-0.25, -0.2) is 0 Å². The minimum atomic E-state index is 1.12. The molecule has 0 bridgehead atoms. The molecule has 0 atom stereocenters. The lowest BCUT2D eigenvalue weighted by atomic mass is 9.90. The van der Waals surface area contributed by atoms with Crippen LogP contribution in [0.5, 0.6) is 0 Å². The smallest absolute Gasteiger partial charge is 0.0540 e. The number of hydrogen-bond acceptors (Lipinski definition) is 2. The summed E-state index contributed by atoms with van der Waals surface area (Å²) < 4.78 is 2.64. The fourth-order valence-electron chi connectivity index (χ4n) is 9.23. The molecule has 1 aromatic heterocycles. The molecule has 1 nitrogen and oxygen atoms in total. The molecule has 0 saturated carbocycles. The third kappa shape index (κ3) is 5.23. The Morgan fingerprint density at radius 1 is 0.293 bits per heavy atom. The van der Waals surface area contributed by atoms with Gasteiger partial charge in [0.25, 0.3) is 0 Å². The van der Waals surface area contributed by atoms with E-state index in [2.05, 4.69) is 217 Å². The Kier molecular flexibility index (Phi) is 7.47. The summed E-state index contributed by atoms with van der Waals surface area (Å²) in [6.07, 6.45) is 0. The van der Waals surface area contributed by atoms with E-state index in [1.165, 1.54) is 96.3 Å². The van der Waals surface area contributed by atoms with Gasteiger partial charge in [0.05, 0.1) is 5.69 Å². The summed E-state index contributed by atoms with van der Waals surface area (Å²) in [7, 11) is 0. The summed E-state index contributed by atoms with van der Waals surface area (Å²) in [5.74, 6) is 0. The molecule has 0 aliphatic carbocycles.